The van der Waals surface area contributed by atoms with E-state index in [1.807, 2.05) is 12.1 Å². The van der Waals surface area contributed by atoms with E-state index in [2.05, 4.69) is 5.32 Å². The molecule has 88 valence electrons. The Labute approximate surface area is 104 Å². The topological polar surface area (TPSA) is 38.3 Å². The molecule has 1 N–H and O–H groups in total. The molecule has 0 amide bonds. The van der Waals surface area contributed by atoms with Gasteiger partial charge in [0.2, 0.25) is 0 Å². The molecule has 0 bridgehead atoms. The summed E-state index contributed by atoms with van der Waals surface area (Å²) in [5.41, 5.74) is 0. The van der Waals surface area contributed by atoms with Gasteiger partial charge in [0.25, 0.3) is 0 Å². The van der Waals surface area contributed by atoms with Crippen molar-refractivity contribution in [1.29, 1.82) is 0 Å². The van der Waals surface area contributed by atoms with Crippen molar-refractivity contribution in [3.63, 3.8) is 0 Å². The van der Waals surface area contributed by atoms with Gasteiger partial charge in [-0.3, -0.25) is 0 Å². The van der Waals surface area contributed by atoms with Crippen LogP contribution in [0.3, 0.4) is 0 Å². The van der Waals surface area contributed by atoms with Crippen LogP contribution in [0.2, 0.25) is 4.34 Å². The first-order chi connectivity index (χ1) is 7.72. The van der Waals surface area contributed by atoms with E-state index in [0.717, 1.165) is 10.9 Å². The molecular formula is C11H14ClNO2S. The Kier molecular flexibility index (Phi) is 6.15. The summed E-state index contributed by atoms with van der Waals surface area (Å²) in [5.74, 6) is -0.302. The molecule has 0 unspecified atom stereocenters. The Balaban J connectivity index is 2.14. The Hall–Kier alpha value is -0.840. The minimum absolute atomic E-state index is 0.302. The summed E-state index contributed by atoms with van der Waals surface area (Å²) < 4.78 is 5.53. The highest BCUT2D eigenvalue weighted by molar-refractivity contribution is 7.16. The van der Waals surface area contributed by atoms with E-state index in [4.69, 9.17) is 16.3 Å². The van der Waals surface area contributed by atoms with Gasteiger partial charge in [0.15, 0.2) is 0 Å². The maximum absolute atomic E-state index is 10.9. The Morgan fingerprint density at radius 1 is 1.62 bits per heavy atom. The normalized spacial score (nSPS) is 10.9. The average molecular weight is 260 g/mol. The van der Waals surface area contributed by atoms with Crippen molar-refractivity contribution in [3.8, 4) is 0 Å². The largest absolute Gasteiger partial charge is 0.463 e. The van der Waals surface area contributed by atoms with Crippen molar-refractivity contribution in [1.82, 2.24) is 5.32 Å². The summed E-state index contributed by atoms with van der Waals surface area (Å²) in [5, 5.41) is 3.17. The van der Waals surface area contributed by atoms with Crippen molar-refractivity contribution in [2.75, 3.05) is 13.2 Å². The summed E-state index contributed by atoms with van der Waals surface area (Å²) in [6.45, 7) is 3.58. The van der Waals surface area contributed by atoms with E-state index >= 15 is 0 Å². The van der Waals surface area contributed by atoms with E-state index in [1.54, 1.807) is 24.3 Å². The van der Waals surface area contributed by atoms with Crippen LogP contribution in [-0.2, 0) is 16.1 Å². The first kappa shape index (κ1) is 13.2. The van der Waals surface area contributed by atoms with Gasteiger partial charge in [-0.1, -0.05) is 17.7 Å². The van der Waals surface area contributed by atoms with Crippen LogP contribution in [0.15, 0.2) is 24.3 Å². The zero-order valence-corrected chi connectivity index (χ0v) is 10.6. The molecule has 0 atom stereocenters. The second-order valence-electron chi connectivity index (χ2n) is 2.99. The number of hydrogen-bond acceptors (Lipinski definition) is 4. The second kappa shape index (κ2) is 7.44. The highest BCUT2D eigenvalue weighted by Gasteiger charge is 1.96. The first-order valence-electron chi connectivity index (χ1n) is 5.00. The zero-order chi connectivity index (χ0) is 11.8. The van der Waals surface area contributed by atoms with E-state index in [9.17, 15) is 4.79 Å². The molecule has 0 aromatic carbocycles. The maximum Gasteiger partial charge on any atom is 0.330 e. The predicted molar refractivity (Wildman–Crippen MR) is 66.8 cm³/mol. The van der Waals surface area contributed by atoms with Crippen LogP contribution in [0.4, 0.5) is 0 Å². The molecule has 0 fully saturated rings. The summed E-state index contributed by atoms with van der Waals surface area (Å²) in [6, 6.07) is 3.85. The third-order valence-electron chi connectivity index (χ3n) is 1.73. The van der Waals surface area contributed by atoms with Crippen LogP contribution in [0.25, 0.3) is 0 Å². The molecule has 16 heavy (non-hydrogen) atoms. The molecule has 5 heteroatoms. The molecule has 0 saturated carbocycles. The lowest BCUT2D eigenvalue weighted by Crippen LogP contribution is -2.12. The number of hydrogen-bond donors (Lipinski definition) is 1. The minimum atomic E-state index is -0.302. The highest BCUT2D eigenvalue weighted by atomic mass is 35.5. The fourth-order valence-electron chi connectivity index (χ4n) is 1.07. The lowest BCUT2D eigenvalue weighted by atomic mass is 10.4. The molecule has 1 heterocycles. The van der Waals surface area contributed by atoms with E-state index in [1.165, 1.54) is 11.0 Å². The summed E-state index contributed by atoms with van der Waals surface area (Å²) in [4.78, 5) is 12.1. The van der Waals surface area contributed by atoms with Crippen LogP contribution in [-0.4, -0.2) is 19.1 Å². The van der Waals surface area contributed by atoms with Crippen molar-refractivity contribution < 1.29 is 9.53 Å². The molecule has 1 aromatic rings. The van der Waals surface area contributed by atoms with Crippen LogP contribution >= 0.6 is 22.9 Å². The molecule has 0 aliphatic rings. The van der Waals surface area contributed by atoms with Crippen molar-refractivity contribution in [2.45, 2.75) is 13.5 Å². The lowest BCUT2D eigenvalue weighted by molar-refractivity contribution is -0.137. The maximum atomic E-state index is 10.9. The van der Waals surface area contributed by atoms with Gasteiger partial charge in [0.1, 0.15) is 0 Å². The zero-order valence-electron chi connectivity index (χ0n) is 9.03. The molecule has 1 aromatic heterocycles. The number of nitrogens with one attached hydrogen (secondary N) is 1. The third-order valence-corrected chi connectivity index (χ3v) is 2.96. The molecular weight excluding hydrogens is 246 g/mol. The van der Waals surface area contributed by atoms with Crippen molar-refractivity contribution >= 4 is 28.9 Å². The molecule has 0 spiro atoms. The number of thiophene rings is 1. The van der Waals surface area contributed by atoms with Crippen LogP contribution < -0.4 is 5.32 Å². The number of carbonyl (C=O) groups excluding carboxylic acids is 1. The average Bonchev–Trinajstić information content (AvgIpc) is 2.64. The van der Waals surface area contributed by atoms with Gasteiger partial charge >= 0.3 is 5.97 Å². The number of esters is 1. The first-order valence-corrected chi connectivity index (χ1v) is 6.20. The van der Waals surface area contributed by atoms with Gasteiger partial charge in [0, 0.05) is 24.0 Å². The second-order valence-corrected chi connectivity index (χ2v) is 4.79. The molecule has 0 saturated heterocycles. The van der Waals surface area contributed by atoms with Crippen LogP contribution in [0.5, 0.6) is 0 Å². The molecule has 1 rings (SSSR count). The monoisotopic (exact) mass is 259 g/mol. The fraction of sp³-hybridized carbons (Fsp3) is 0.364. The van der Waals surface area contributed by atoms with Gasteiger partial charge < -0.3 is 10.1 Å². The van der Waals surface area contributed by atoms with Gasteiger partial charge in [-0.05, 0) is 19.1 Å². The Morgan fingerprint density at radius 3 is 3.06 bits per heavy atom. The van der Waals surface area contributed by atoms with E-state index < -0.39 is 0 Å². The summed E-state index contributed by atoms with van der Waals surface area (Å²) in [7, 11) is 0. The number of halogens is 1. The summed E-state index contributed by atoms with van der Waals surface area (Å²) in [6.07, 6.45) is 3.17. The predicted octanol–water partition coefficient (Wildman–Crippen LogP) is 2.61. The summed E-state index contributed by atoms with van der Waals surface area (Å²) >= 11 is 7.34. The fourth-order valence-corrected chi connectivity index (χ4v) is 2.13. The molecule has 0 radical (unpaired) electrons. The van der Waals surface area contributed by atoms with E-state index in [0.29, 0.717) is 13.2 Å². The molecule has 3 nitrogen and oxygen atoms in total. The van der Waals surface area contributed by atoms with Gasteiger partial charge in [-0.2, -0.15) is 0 Å². The van der Waals surface area contributed by atoms with Gasteiger partial charge in [-0.15, -0.1) is 11.3 Å². The molecule has 0 aliphatic carbocycles. The van der Waals surface area contributed by atoms with Crippen LogP contribution in [0, 0.1) is 0 Å². The number of ether oxygens (including phenoxy) is 1. The Bertz CT molecular complexity index is 363. The molecule has 0 aliphatic heterocycles. The minimum Gasteiger partial charge on any atom is -0.463 e. The van der Waals surface area contributed by atoms with Gasteiger partial charge in [-0.25, -0.2) is 4.79 Å². The number of carbonyl (C=O) groups is 1. The number of rotatable bonds is 6. The third kappa shape index (κ3) is 5.30. The lowest BCUT2D eigenvalue weighted by Gasteiger charge is -1.98. The SMILES string of the molecule is CCOC(=O)/C=C/CNCc1ccc(Cl)s1. The standard InChI is InChI=1S/C11H14ClNO2S/c1-2-15-11(14)4-3-7-13-8-9-5-6-10(12)16-9/h3-6,13H,2,7-8H2,1H3/b4-3+. The quantitative estimate of drug-likeness (QED) is 0.485. The van der Waals surface area contributed by atoms with Gasteiger partial charge in [0.05, 0.1) is 10.9 Å². The highest BCUT2D eigenvalue weighted by Crippen LogP contribution is 2.20. The van der Waals surface area contributed by atoms with E-state index in [-0.39, 0.29) is 5.97 Å². The Morgan fingerprint density at radius 2 is 2.44 bits per heavy atom. The van der Waals surface area contributed by atoms with Crippen molar-refractivity contribution in [3.05, 3.63) is 33.5 Å². The smallest absolute Gasteiger partial charge is 0.330 e. The van der Waals surface area contributed by atoms with Crippen molar-refractivity contribution in [2.24, 2.45) is 0 Å². The van der Waals surface area contributed by atoms with Crippen LogP contribution in [0.1, 0.15) is 11.8 Å².